The van der Waals surface area contributed by atoms with Gasteiger partial charge in [-0.25, -0.2) is 4.98 Å². The molecule has 0 spiro atoms. The molecular formula is C15H17BrN2O2. The van der Waals surface area contributed by atoms with Crippen molar-refractivity contribution in [3.05, 3.63) is 34.9 Å². The maximum Gasteiger partial charge on any atom is 0.221 e. The summed E-state index contributed by atoms with van der Waals surface area (Å²) >= 11 is 3.55. The molecule has 2 heterocycles. The van der Waals surface area contributed by atoms with Crippen LogP contribution < -0.4 is 10.1 Å². The van der Waals surface area contributed by atoms with Crippen LogP contribution in [0.3, 0.4) is 0 Å². The maximum absolute atomic E-state index is 5.87. The first kappa shape index (κ1) is 13.8. The molecule has 3 rings (SSSR count). The summed E-state index contributed by atoms with van der Waals surface area (Å²) < 4.78 is 12.7. The lowest BCUT2D eigenvalue weighted by molar-refractivity contribution is -0.0474. The predicted octanol–water partition coefficient (Wildman–Crippen LogP) is 2.75. The lowest BCUT2D eigenvalue weighted by Crippen LogP contribution is -2.45. The van der Waals surface area contributed by atoms with Crippen molar-refractivity contribution >= 4 is 26.7 Å². The van der Waals surface area contributed by atoms with Gasteiger partial charge in [-0.15, -0.1) is 0 Å². The molecule has 2 aromatic rings. The van der Waals surface area contributed by atoms with Crippen LogP contribution in [-0.4, -0.2) is 36.9 Å². The van der Waals surface area contributed by atoms with Gasteiger partial charge in [-0.1, -0.05) is 22.0 Å². The summed E-state index contributed by atoms with van der Waals surface area (Å²) in [5, 5.41) is 5.45. The van der Waals surface area contributed by atoms with Crippen LogP contribution in [0.5, 0.6) is 5.88 Å². The number of rotatable bonds is 3. The number of hydrogen-bond acceptors (Lipinski definition) is 4. The second kappa shape index (κ2) is 6.08. The maximum atomic E-state index is 5.87. The Morgan fingerprint density at radius 2 is 2.25 bits per heavy atom. The van der Waals surface area contributed by atoms with Crippen molar-refractivity contribution in [2.75, 3.05) is 19.7 Å². The van der Waals surface area contributed by atoms with E-state index in [9.17, 15) is 0 Å². The standard InChI is InChI=1S/C15H17BrN2O2/c1-10-7-17-8-11(20-10)9-19-15-13-3-2-4-14(16)12(13)5-6-18-15/h2-6,10-11,17H,7-9H2,1H3. The van der Waals surface area contributed by atoms with E-state index in [0.717, 1.165) is 28.3 Å². The molecule has 106 valence electrons. The van der Waals surface area contributed by atoms with Crippen molar-refractivity contribution in [1.82, 2.24) is 10.3 Å². The molecule has 0 radical (unpaired) electrons. The lowest BCUT2D eigenvalue weighted by atomic mass is 10.2. The van der Waals surface area contributed by atoms with Crippen LogP contribution in [0.25, 0.3) is 10.8 Å². The minimum absolute atomic E-state index is 0.0722. The molecule has 1 aliphatic heterocycles. The van der Waals surface area contributed by atoms with Gasteiger partial charge in [0, 0.05) is 34.5 Å². The molecule has 2 unspecified atom stereocenters. The third-order valence-electron chi connectivity index (χ3n) is 3.35. The fraction of sp³-hybridized carbons (Fsp3) is 0.400. The smallest absolute Gasteiger partial charge is 0.221 e. The number of halogens is 1. The normalized spacial score (nSPS) is 22.9. The molecular weight excluding hydrogens is 320 g/mol. The van der Waals surface area contributed by atoms with Crippen LogP contribution in [0.1, 0.15) is 6.92 Å². The van der Waals surface area contributed by atoms with Crippen LogP contribution in [0.15, 0.2) is 34.9 Å². The van der Waals surface area contributed by atoms with Crippen molar-refractivity contribution in [2.45, 2.75) is 19.1 Å². The number of nitrogens with one attached hydrogen (secondary N) is 1. The zero-order valence-electron chi connectivity index (χ0n) is 11.3. The van der Waals surface area contributed by atoms with Crippen LogP contribution in [0, 0.1) is 0 Å². The molecule has 0 amide bonds. The van der Waals surface area contributed by atoms with Crippen molar-refractivity contribution in [1.29, 1.82) is 0 Å². The predicted molar refractivity (Wildman–Crippen MR) is 82.1 cm³/mol. The second-order valence-electron chi connectivity index (χ2n) is 4.99. The molecule has 0 saturated carbocycles. The Bertz CT molecular complexity index is 605. The zero-order valence-corrected chi connectivity index (χ0v) is 12.9. The van der Waals surface area contributed by atoms with E-state index in [4.69, 9.17) is 9.47 Å². The number of benzene rings is 1. The SMILES string of the molecule is CC1CNCC(COc2nccc3c(Br)cccc23)O1. The number of pyridine rings is 1. The molecule has 1 fully saturated rings. The van der Waals surface area contributed by atoms with Crippen molar-refractivity contribution in [2.24, 2.45) is 0 Å². The van der Waals surface area contributed by atoms with E-state index in [-0.39, 0.29) is 12.2 Å². The Hall–Kier alpha value is -1.17. The van der Waals surface area contributed by atoms with E-state index in [1.807, 2.05) is 24.3 Å². The first-order valence-electron chi connectivity index (χ1n) is 6.76. The highest BCUT2D eigenvalue weighted by molar-refractivity contribution is 9.10. The topological polar surface area (TPSA) is 43.4 Å². The average molecular weight is 337 g/mol. The number of hydrogen-bond donors (Lipinski definition) is 1. The Labute approximate surface area is 126 Å². The number of aromatic nitrogens is 1. The van der Waals surface area contributed by atoms with E-state index in [0.29, 0.717) is 12.5 Å². The summed E-state index contributed by atoms with van der Waals surface area (Å²) in [7, 11) is 0. The highest BCUT2D eigenvalue weighted by Crippen LogP contribution is 2.29. The van der Waals surface area contributed by atoms with Crippen LogP contribution in [0.2, 0.25) is 0 Å². The van der Waals surface area contributed by atoms with E-state index in [2.05, 4.69) is 33.2 Å². The summed E-state index contributed by atoms with van der Waals surface area (Å²) in [5.41, 5.74) is 0. The van der Waals surface area contributed by atoms with Gasteiger partial charge in [-0.05, 0) is 25.1 Å². The average Bonchev–Trinajstić information content (AvgIpc) is 2.46. The van der Waals surface area contributed by atoms with Gasteiger partial charge in [0.1, 0.15) is 12.7 Å². The highest BCUT2D eigenvalue weighted by atomic mass is 79.9. The Morgan fingerprint density at radius 3 is 3.10 bits per heavy atom. The minimum atomic E-state index is 0.0722. The highest BCUT2D eigenvalue weighted by Gasteiger charge is 2.19. The summed E-state index contributed by atoms with van der Waals surface area (Å²) in [6, 6.07) is 8.00. The van der Waals surface area contributed by atoms with Crippen molar-refractivity contribution in [3.8, 4) is 5.88 Å². The number of morpholine rings is 1. The first-order valence-corrected chi connectivity index (χ1v) is 7.55. The molecule has 1 saturated heterocycles. The Balaban J connectivity index is 1.76. The first-order chi connectivity index (χ1) is 9.74. The number of ether oxygens (including phenoxy) is 2. The quantitative estimate of drug-likeness (QED) is 0.935. The third-order valence-corrected chi connectivity index (χ3v) is 4.04. The molecule has 1 aliphatic rings. The van der Waals surface area contributed by atoms with Crippen molar-refractivity contribution < 1.29 is 9.47 Å². The van der Waals surface area contributed by atoms with Crippen LogP contribution in [-0.2, 0) is 4.74 Å². The molecule has 20 heavy (non-hydrogen) atoms. The number of fused-ring (bicyclic) bond motifs is 1. The molecule has 5 heteroatoms. The molecule has 1 N–H and O–H groups in total. The molecule has 0 aliphatic carbocycles. The summed E-state index contributed by atoms with van der Waals surface area (Å²) in [4.78, 5) is 4.33. The van der Waals surface area contributed by atoms with E-state index >= 15 is 0 Å². The zero-order chi connectivity index (χ0) is 13.9. The van der Waals surface area contributed by atoms with Gasteiger partial charge in [0.15, 0.2) is 0 Å². The van der Waals surface area contributed by atoms with Gasteiger partial charge in [0.2, 0.25) is 5.88 Å². The molecule has 1 aromatic heterocycles. The van der Waals surface area contributed by atoms with Crippen LogP contribution >= 0.6 is 15.9 Å². The lowest BCUT2D eigenvalue weighted by Gasteiger charge is -2.28. The fourth-order valence-corrected chi connectivity index (χ4v) is 2.90. The Kier molecular flexibility index (Phi) is 4.19. The van der Waals surface area contributed by atoms with E-state index in [1.54, 1.807) is 6.20 Å². The van der Waals surface area contributed by atoms with Gasteiger partial charge in [0.25, 0.3) is 0 Å². The molecule has 1 aromatic carbocycles. The summed E-state index contributed by atoms with van der Waals surface area (Å²) in [5.74, 6) is 0.658. The summed E-state index contributed by atoms with van der Waals surface area (Å²) in [6.07, 6.45) is 2.07. The van der Waals surface area contributed by atoms with Gasteiger partial charge in [-0.2, -0.15) is 0 Å². The number of nitrogens with zero attached hydrogens (tertiary/aromatic N) is 1. The minimum Gasteiger partial charge on any atom is -0.474 e. The van der Waals surface area contributed by atoms with Crippen molar-refractivity contribution in [3.63, 3.8) is 0 Å². The fourth-order valence-electron chi connectivity index (χ4n) is 2.40. The molecule has 2 atom stereocenters. The van der Waals surface area contributed by atoms with Gasteiger partial charge in [-0.3, -0.25) is 0 Å². The summed E-state index contributed by atoms with van der Waals surface area (Å²) in [6.45, 7) is 4.29. The molecule has 4 nitrogen and oxygen atoms in total. The van der Waals surface area contributed by atoms with E-state index < -0.39 is 0 Å². The Morgan fingerprint density at radius 1 is 1.35 bits per heavy atom. The molecule has 0 bridgehead atoms. The van der Waals surface area contributed by atoms with Gasteiger partial charge < -0.3 is 14.8 Å². The second-order valence-corrected chi connectivity index (χ2v) is 5.84. The van der Waals surface area contributed by atoms with Crippen LogP contribution in [0.4, 0.5) is 0 Å². The van der Waals surface area contributed by atoms with E-state index in [1.165, 1.54) is 0 Å². The largest absolute Gasteiger partial charge is 0.474 e. The monoisotopic (exact) mass is 336 g/mol. The van der Waals surface area contributed by atoms with Gasteiger partial charge in [0.05, 0.1) is 6.10 Å². The third kappa shape index (κ3) is 2.95. The van der Waals surface area contributed by atoms with Gasteiger partial charge >= 0.3 is 0 Å².